The van der Waals surface area contributed by atoms with Crippen molar-refractivity contribution in [2.75, 3.05) is 0 Å². The second-order valence-corrected chi connectivity index (χ2v) is 4.33. The van der Waals surface area contributed by atoms with E-state index in [2.05, 4.69) is 0 Å². The molecule has 0 spiro atoms. The predicted molar refractivity (Wildman–Crippen MR) is 57.2 cm³/mol. The molecule has 1 rings (SSSR count). The van der Waals surface area contributed by atoms with Crippen molar-refractivity contribution in [3.8, 4) is 0 Å². The highest BCUT2D eigenvalue weighted by molar-refractivity contribution is 5.97. The van der Waals surface area contributed by atoms with Gasteiger partial charge in [-0.05, 0) is 13.0 Å². The number of rotatable bonds is 3. The van der Waals surface area contributed by atoms with Gasteiger partial charge in [-0.15, -0.1) is 0 Å². The van der Waals surface area contributed by atoms with E-state index in [0.717, 1.165) is 12.1 Å². The Morgan fingerprint density at radius 2 is 1.60 bits per heavy atom. The van der Waals surface area contributed by atoms with Gasteiger partial charge in [0.2, 0.25) is 0 Å². The van der Waals surface area contributed by atoms with E-state index < -0.39 is 30.2 Å². The largest absolute Gasteiger partial charge is 0.426 e. The van der Waals surface area contributed by atoms with E-state index in [4.69, 9.17) is 5.11 Å². The van der Waals surface area contributed by atoms with Crippen LogP contribution in [0.3, 0.4) is 0 Å². The van der Waals surface area contributed by atoms with Gasteiger partial charge in [-0.1, -0.05) is 23.8 Å². The Morgan fingerprint density at radius 3 is 2.00 bits per heavy atom. The summed E-state index contributed by atoms with van der Waals surface area (Å²) in [5.74, 6) is -1.44. The average molecular weight is 300 g/mol. The second kappa shape index (κ2) is 5.08. The molecule has 20 heavy (non-hydrogen) atoms. The van der Waals surface area contributed by atoms with Crippen LogP contribution in [-0.2, 0) is 0 Å². The third kappa shape index (κ3) is 3.12. The first-order valence-corrected chi connectivity index (χ1v) is 5.34. The molecule has 2 nitrogen and oxygen atoms in total. The number of aliphatic hydroxyl groups is 1. The van der Waals surface area contributed by atoms with E-state index in [-0.39, 0.29) is 5.56 Å². The van der Waals surface area contributed by atoms with Gasteiger partial charge in [-0.25, -0.2) is 0 Å². The number of halogens is 6. The van der Waals surface area contributed by atoms with Crippen LogP contribution in [0.5, 0.6) is 0 Å². The lowest BCUT2D eigenvalue weighted by molar-refractivity contribution is -0.365. The number of alkyl halides is 6. The number of benzene rings is 1. The van der Waals surface area contributed by atoms with Crippen LogP contribution in [0, 0.1) is 6.92 Å². The average Bonchev–Trinajstić information content (AvgIpc) is 2.25. The lowest BCUT2D eigenvalue weighted by Gasteiger charge is -2.31. The lowest BCUT2D eigenvalue weighted by atomic mass is 9.92. The monoisotopic (exact) mass is 300 g/mol. The number of aryl methyl sites for hydroxylation is 1. The van der Waals surface area contributed by atoms with Crippen molar-refractivity contribution < 1.29 is 36.2 Å². The normalized spacial score (nSPS) is 13.4. The molecule has 1 aromatic carbocycles. The van der Waals surface area contributed by atoms with Crippen LogP contribution in [0.15, 0.2) is 24.3 Å². The minimum atomic E-state index is -6.00. The fourth-order valence-electron chi connectivity index (χ4n) is 1.51. The third-order valence-corrected chi connectivity index (χ3v) is 2.69. The number of ketones is 1. The molecule has 1 N–H and O–H groups in total. The van der Waals surface area contributed by atoms with Gasteiger partial charge in [0.05, 0.1) is 6.42 Å². The molecule has 0 aliphatic rings. The number of Topliss-reactive ketones (excluding diaryl/α,β-unsaturated/α-hetero) is 1. The van der Waals surface area contributed by atoms with E-state index in [1.807, 2.05) is 0 Å². The highest BCUT2D eigenvalue weighted by Crippen LogP contribution is 2.45. The smallest absolute Gasteiger partial charge is 0.373 e. The van der Waals surface area contributed by atoms with Crippen molar-refractivity contribution in [1.29, 1.82) is 0 Å². The molecule has 0 aliphatic heterocycles. The van der Waals surface area contributed by atoms with Gasteiger partial charge in [-0.3, -0.25) is 4.79 Å². The van der Waals surface area contributed by atoms with E-state index in [0.29, 0.717) is 5.56 Å². The number of carbonyl (C=O) groups is 1. The van der Waals surface area contributed by atoms with Crippen LogP contribution in [0.2, 0.25) is 0 Å². The topological polar surface area (TPSA) is 37.3 Å². The van der Waals surface area contributed by atoms with Crippen molar-refractivity contribution >= 4 is 5.78 Å². The molecule has 0 atom stereocenters. The Hall–Kier alpha value is -1.57. The Morgan fingerprint density at radius 1 is 1.10 bits per heavy atom. The maximum absolute atomic E-state index is 12.4. The number of carbonyl (C=O) groups excluding carboxylic acids is 1. The van der Waals surface area contributed by atoms with E-state index in [1.165, 1.54) is 19.1 Å². The van der Waals surface area contributed by atoms with Crippen molar-refractivity contribution in [1.82, 2.24) is 0 Å². The molecule has 0 aromatic heterocycles. The molecule has 112 valence electrons. The maximum Gasteiger partial charge on any atom is 0.426 e. The minimum Gasteiger partial charge on any atom is -0.373 e. The summed E-state index contributed by atoms with van der Waals surface area (Å²) in [6.07, 6.45) is -14.1. The van der Waals surface area contributed by atoms with Crippen molar-refractivity contribution in [2.24, 2.45) is 0 Å². The van der Waals surface area contributed by atoms with Crippen LogP contribution in [0.4, 0.5) is 26.3 Å². The summed E-state index contributed by atoms with van der Waals surface area (Å²) in [7, 11) is 0. The fraction of sp³-hybridized carbons (Fsp3) is 0.417. The van der Waals surface area contributed by atoms with Gasteiger partial charge in [-0.2, -0.15) is 26.3 Å². The van der Waals surface area contributed by atoms with E-state index in [1.54, 1.807) is 0 Å². The first kappa shape index (κ1) is 16.5. The van der Waals surface area contributed by atoms with Crippen LogP contribution in [0.25, 0.3) is 0 Å². The molecule has 0 bridgehead atoms. The van der Waals surface area contributed by atoms with E-state index in [9.17, 15) is 31.1 Å². The van der Waals surface area contributed by atoms with Crippen molar-refractivity contribution in [2.45, 2.75) is 31.3 Å². The summed E-state index contributed by atoms with van der Waals surface area (Å²) in [6, 6.07) is 5.08. The molecular weight excluding hydrogens is 290 g/mol. The minimum absolute atomic E-state index is 0.322. The zero-order chi connectivity index (χ0) is 15.8. The van der Waals surface area contributed by atoms with Crippen LogP contribution in [0.1, 0.15) is 22.3 Å². The van der Waals surface area contributed by atoms with Gasteiger partial charge in [0.15, 0.2) is 5.78 Å². The molecule has 0 saturated carbocycles. The van der Waals surface area contributed by atoms with Gasteiger partial charge < -0.3 is 5.11 Å². The Balaban J connectivity index is 3.13. The molecule has 8 heteroatoms. The zero-order valence-electron chi connectivity index (χ0n) is 10.1. The number of hydrogen-bond acceptors (Lipinski definition) is 2. The molecule has 0 unspecified atom stereocenters. The Kier molecular flexibility index (Phi) is 4.19. The highest BCUT2D eigenvalue weighted by atomic mass is 19.4. The molecule has 1 aromatic rings. The van der Waals surface area contributed by atoms with Crippen LogP contribution in [-0.4, -0.2) is 28.8 Å². The summed E-state index contributed by atoms with van der Waals surface area (Å²) >= 11 is 0. The predicted octanol–water partition coefficient (Wildman–Crippen LogP) is 3.42. The van der Waals surface area contributed by atoms with Crippen molar-refractivity contribution in [3.05, 3.63) is 35.4 Å². The zero-order valence-corrected chi connectivity index (χ0v) is 10.1. The molecule has 0 saturated heterocycles. The summed E-state index contributed by atoms with van der Waals surface area (Å²) in [6.45, 7) is 1.52. The first-order chi connectivity index (χ1) is 8.88. The Labute approximate surface area is 110 Å². The molecule has 0 amide bonds. The quantitative estimate of drug-likeness (QED) is 0.686. The fourth-order valence-corrected chi connectivity index (χ4v) is 1.51. The van der Waals surface area contributed by atoms with E-state index >= 15 is 0 Å². The summed E-state index contributed by atoms with van der Waals surface area (Å²) < 4.78 is 74.6. The standard InChI is InChI=1S/C12H10F6O2/c1-7-3-2-4-8(5-7)9(19)6-10(20,11(13,14)15)12(16,17)18/h2-5,20H,6H2,1H3. The van der Waals surface area contributed by atoms with Gasteiger partial charge >= 0.3 is 12.4 Å². The van der Waals surface area contributed by atoms with Gasteiger partial charge in [0, 0.05) is 5.56 Å². The SMILES string of the molecule is Cc1cccc(C(=O)CC(O)(C(F)(F)F)C(F)(F)F)c1. The molecule has 0 heterocycles. The molecule has 0 aliphatic carbocycles. The van der Waals surface area contributed by atoms with Crippen LogP contribution < -0.4 is 0 Å². The summed E-state index contributed by atoms with van der Waals surface area (Å²) in [5, 5.41) is 8.91. The maximum atomic E-state index is 12.4. The van der Waals surface area contributed by atoms with Crippen molar-refractivity contribution in [3.63, 3.8) is 0 Å². The van der Waals surface area contributed by atoms with Gasteiger partial charge in [0.25, 0.3) is 5.60 Å². The first-order valence-electron chi connectivity index (χ1n) is 5.34. The highest BCUT2D eigenvalue weighted by Gasteiger charge is 2.70. The Bertz CT molecular complexity index is 489. The summed E-state index contributed by atoms with van der Waals surface area (Å²) in [5.41, 5.74) is -4.88. The number of hydrogen-bond donors (Lipinski definition) is 1. The van der Waals surface area contributed by atoms with Gasteiger partial charge in [0.1, 0.15) is 0 Å². The molecule has 0 fully saturated rings. The molecule has 0 radical (unpaired) electrons. The molecular formula is C12H10F6O2. The van der Waals surface area contributed by atoms with Crippen LogP contribution >= 0.6 is 0 Å². The summed E-state index contributed by atoms with van der Waals surface area (Å²) in [4.78, 5) is 11.5. The third-order valence-electron chi connectivity index (χ3n) is 2.69. The lowest BCUT2D eigenvalue weighted by Crippen LogP contribution is -2.57. The second-order valence-electron chi connectivity index (χ2n) is 4.33.